The third-order valence-corrected chi connectivity index (χ3v) is 6.95. The molecule has 13 heteroatoms. The Morgan fingerprint density at radius 3 is 2.26 bits per heavy atom. The van der Waals surface area contributed by atoms with Crippen LogP contribution in [0, 0.1) is 5.41 Å². The van der Waals surface area contributed by atoms with Gasteiger partial charge >= 0.3 is 11.9 Å². The van der Waals surface area contributed by atoms with E-state index in [0.29, 0.717) is 25.4 Å². The first kappa shape index (κ1) is 40.1. The van der Waals surface area contributed by atoms with Crippen LogP contribution in [-0.2, 0) is 41.6 Å². The Morgan fingerprint density at radius 2 is 1.68 bits per heavy atom. The van der Waals surface area contributed by atoms with Gasteiger partial charge in [-0.15, -0.1) is 0 Å². The quantitative estimate of drug-likeness (QED) is 0.117. The number of nitrogens with one attached hydrogen (secondary N) is 1. The van der Waals surface area contributed by atoms with Crippen molar-refractivity contribution in [3.63, 3.8) is 0 Å². The Labute approximate surface area is 275 Å². The van der Waals surface area contributed by atoms with E-state index in [1.807, 2.05) is 43.3 Å². The normalized spacial score (nSPS) is 13.7. The van der Waals surface area contributed by atoms with Crippen molar-refractivity contribution < 1.29 is 53.1 Å². The van der Waals surface area contributed by atoms with Gasteiger partial charge in [0.15, 0.2) is 18.1 Å². The molecule has 1 heterocycles. The van der Waals surface area contributed by atoms with Crippen LogP contribution in [0.1, 0.15) is 38.3 Å². The third kappa shape index (κ3) is 14.4. The molecule has 3 rings (SSSR count). The Morgan fingerprint density at radius 1 is 1.04 bits per heavy atom. The summed E-state index contributed by atoms with van der Waals surface area (Å²) in [6.45, 7) is 9.51. The van der Waals surface area contributed by atoms with Crippen LogP contribution in [-0.4, -0.2) is 98.3 Å². The average Bonchev–Trinajstić information content (AvgIpc) is 3.06. The molecule has 258 valence electrons. The first-order valence-electron chi connectivity index (χ1n) is 14.9. The number of hydrogen-bond acceptors (Lipinski definition) is 10. The van der Waals surface area contributed by atoms with Gasteiger partial charge in [0.2, 0.25) is 5.78 Å². The zero-order valence-corrected chi connectivity index (χ0v) is 27.7. The van der Waals surface area contributed by atoms with Crippen LogP contribution in [0.3, 0.4) is 0 Å². The topological polar surface area (TPSA) is 178 Å². The van der Waals surface area contributed by atoms with E-state index in [-0.39, 0.29) is 25.7 Å². The SMILES string of the molecule is C=CC(=O)OCC(C)(C)C(=O)C(=O)N1CCNCC1C.COc1ccc(CCCc2cccc(OCC(=O)O)c2)cc1OC.O=CO. The fraction of sp³-hybridized carbons (Fsp3) is 0.441. The van der Waals surface area contributed by atoms with Crippen LogP contribution >= 0.6 is 0 Å². The molecule has 0 radical (unpaired) electrons. The zero-order chi connectivity index (χ0) is 35.4. The Kier molecular flexibility index (Phi) is 17.9. The number of benzene rings is 2. The van der Waals surface area contributed by atoms with E-state index in [9.17, 15) is 19.2 Å². The number of rotatable bonds is 14. The summed E-state index contributed by atoms with van der Waals surface area (Å²) in [6, 6.07) is 13.5. The number of carbonyl (C=O) groups is 5. The Hall–Kier alpha value is -4.91. The van der Waals surface area contributed by atoms with Gasteiger partial charge < -0.3 is 39.4 Å². The van der Waals surface area contributed by atoms with E-state index >= 15 is 0 Å². The number of carboxylic acid groups (broad SMARTS) is 2. The van der Waals surface area contributed by atoms with Crippen molar-refractivity contribution in [3.05, 3.63) is 66.2 Å². The number of esters is 1. The summed E-state index contributed by atoms with van der Waals surface area (Å²) in [6.07, 6.45) is 3.80. The highest BCUT2D eigenvalue weighted by molar-refractivity contribution is 6.38. The van der Waals surface area contributed by atoms with E-state index in [2.05, 4.69) is 11.9 Å². The third-order valence-electron chi connectivity index (χ3n) is 6.95. The molecule has 2 aromatic rings. The molecule has 1 atom stereocenters. The van der Waals surface area contributed by atoms with Crippen molar-refractivity contribution in [1.82, 2.24) is 10.2 Å². The molecule has 2 aromatic carbocycles. The van der Waals surface area contributed by atoms with Crippen molar-refractivity contribution in [3.8, 4) is 17.2 Å². The van der Waals surface area contributed by atoms with Gasteiger partial charge in [-0.25, -0.2) is 9.59 Å². The number of piperazine rings is 1. The molecule has 1 aliphatic heterocycles. The number of nitrogens with zero attached hydrogens (tertiary/aromatic N) is 1. The molecule has 0 spiro atoms. The molecule has 3 N–H and O–H groups in total. The average molecular weight is 659 g/mol. The predicted molar refractivity (Wildman–Crippen MR) is 174 cm³/mol. The summed E-state index contributed by atoms with van der Waals surface area (Å²) in [5.41, 5.74) is 1.27. The van der Waals surface area contributed by atoms with Crippen molar-refractivity contribution in [1.29, 1.82) is 0 Å². The van der Waals surface area contributed by atoms with Gasteiger partial charge in [0.05, 0.1) is 19.6 Å². The number of ketones is 1. The number of Topliss-reactive ketones (excluding diaryl/α,β-unsaturated/α-hetero) is 1. The second-order valence-electron chi connectivity index (χ2n) is 11.1. The standard InChI is InChI=1S/C19H22O5.C14H22N2O4.CH2O2/c1-22-17-10-9-15(12-18(17)23-2)6-3-5-14-7-4-8-16(11-14)24-13-19(20)21;1-5-11(17)20-9-14(3,4)12(18)13(19)16-7-6-15-8-10(16)2;2-1-3/h4,7-12H,3,5-6,13H2,1-2H3,(H,20,21);5,10,15H,1,6-9H2,2-4H3;1H,(H,2,3). The number of aliphatic carboxylic acids is 1. The second kappa shape index (κ2) is 21.0. The minimum Gasteiger partial charge on any atom is -0.493 e. The smallest absolute Gasteiger partial charge is 0.341 e. The molecule has 1 fully saturated rings. The highest BCUT2D eigenvalue weighted by Gasteiger charge is 2.38. The summed E-state index contributed by atoms with van der Waals surface area (Å²) in [5, 5.41) is 18.7. The lowest BCUT2D eigenvalue weighted by atomic mass is 9.88. The van der Waals surface area contributed by atoms with Crippen LogP contribution in [0.25, 0.3) is 0 Å². The van der Waals surface area contributed by atoms with Crippen molar-refractivity contribution in [2.45, 2.75) is 46.1 Å². The number of hydrogen-bond donors (Lipinski definition) is 3. The number of amides is 1. The Balaban J connectivity index is 0.000000440. The number of carbonyl (C=O) groups excluding carboxylic acids is 3. The highest BCUT2D eigenvalue weighted by atomic mass is 16.5. The fourth-order valence-corrected chi connectivity index (χ4v) is 4.41. The van der Waals surface area contributed by atoms with Crippen molar-refractivity contribution in [2.75, 3.05) is 47.1 Å². The van der Waals surface area contributed by atoms with E-state index in [4.69, 9.17) is 34.0 Å². The van der Waals surface area contributed by atoms with Crippen LogP contribution in [0.2, 0.25) is 0 Å². The number of aryl methyl sites for hydroxylation is 2. The minimum absolute atomic E-state index is 0.0216. The molecule has 1 aliphatic rings. The second-order valence-corrected chi connectivity index (χ2v) is 11.1. The van der Waals surface area contributed by atoms with Crippen LogP contribution < -0.4 is 19.5 Å². The monoisotopic (exact) mass is 658 g/mol. The van der Waals surface area contributed by atoms with Gasteiger partial charge in [0, 0.05) is 31.8 Å². The molecule has 1 saturated heterocycles. The van der Waals surface area contributed by atoms with Gasteiger partial charge in [-0.2, -0.15) is 0 Å². The van der Waals surface area contributed by atoms with E-state index < -0.39 is 29.0 Å². The lowest BCUT2D eigenvalue weighted by molar-refractivity contribution is -0.155. The highest BCUT2D eigenvalue weighted by Crippen LogP contribution is 2.28. The maximum atomic E-state index is 12.3. The van der Waals surface area contributed by atoms with Crippen LogP contribution in [0.5, 0.6) is 17.2 Å². The molecular weight excluding hydrogens is 612 g/mol. The summed E-state index contributed by atoms with van der Waals surface area (Å²) >= 11 is 0. The maximum Gasteiger partial charge on any atom is 0.341 e. The number of ether oxygens (including phenoxy) is 4. The zero-order valence-electron chi connectivity index (χ0n) is 27.7. The lowest BCUT2D eigenvalue weighted by Gasteiger charge is -2.35. The lowest BCUT2D eigenvalue weighted by Crippen LogP contribution is -2.56. The first-order chi connectivity index (χ1) is 22.3. The summed E-state index contributed by atoms with van der Waals surface area (Å²) in [4.78, 5) is 56.1. The van der Waals surface area contributed by atoms with Crippen molar-refractivity contribution in [2.24, 2.45) is 5.41 Å². The van der Waals surface area contributed by atoms with Gasteiger partial charge in [0.1, 0.15) is 12.4 Å². The molecule has 0 aromatic heterocycles. The largest absolute Gasteiger partial charge is 0.493 e. The van der Waals surface area contributed by atoms with Gasteiger partial charge in [-0.1, -0.05) is 24.8 Å². The van der Waals surface area contributed by atoms with E-state index in [1.54, 1.807) is 39.0 Å². The molecule has 1 unspecified atom stereocenters. The van der Waals surface area contributed by atoms with E-state index in [0.717, 1.165) is 42.4 Å². The van der Waals surface area contributed by atoms with Gasteiger partial charge in [-0.3, -0.25) is 14.4 Å². The maximum absolute atomic E-state index is 12.3. The molecule has 0 saturated carbocycles. The Bertz CT molecular complexity index is 1340. The molecule has 0 aliphatic carbocycles. The summed E-state index contributed by atoms with van der Waals surface area (Å²) in [5.74, 6) is -0.589. The van der Waals surface area contributed by atoms with Gasteiger partial charge in [-0.05, 0) is 75.4 Å². The predicted octanol–water partition coefficient (Wildman–Crippen LogP) is 3.17. The first-order valence-corrected chi connectivity index (χ1v) is 14.9. The van der Waals surface area contributed by atoms with Crippen molar-refractivity contribution >= 4 is 30.1 Å². The van der Waals surface area contributed by atoms with Crippen LogP contribution in [0.4, 0.5) is 0 Å². The summed E-state index contributed by atoms with van der Waals surface area (Å²) < 4.78 is 20.6. The molecule has 1 amide bonds. The van der Waals surface area contributed by atoms with Gasteiger partial charge in [0.25, 0.3) is 12.4 Å². The molecule has 47 heavy (non-hydrogen) atoms. The number of methoxy groups -OCH3 is 2. The van der Waals surface area contributed by atoms with Crippen LogP contribution in [0.15, 0.2) is 55.1 Å². The minimum atomic E-state index is -1.04. The molecule has 13 nitrogen and oxygen atoms in total. The van der Waals surface area contributed by atoms with E-state index in [1.165, 1.54) is 5.56 Å². The summed E-state index contributed by atoms with van der Waals surface area (Å²) in [7, 11) is 3.25. The number of carboxylic acids is 1. The molecule has 0 bridgehead atoms. The fourth-order valence-electron chi connectivity index (χ4n) is 4.41. The molecular formula is C34H46N2O11.